The number of hydrogen-bond donors (Lipinski definition) is 2. The van der Waals surface area contributed by atoms with Gasteiger partial charge in [-0.2, -0.15) is 4.68 Å². The summed E-state index contributed by atoms with van der Waals surface area (Å²) < 4.78 is 18.2. The third-order valence-corrected chi connectivity index (χ3v) is 6.66. The molecule has 1 unspecified atom stereocenters. The van der Waals surface area contributed by atoms with E-state index in [-0.39, 0.29) is 27.8 Å². The Morgan fingerprint density at radius 1 is 1.22 bits per heavy atom. The number of nitrogens with one attached hydrogen (secondary N) is 1. The molecule has 12 nitrogen and oxygen atoms in total. The van der Waals surface area contributed by atoms with Gasteiger partial charge in [-0.25, -0.2) is 24.3 Å². The number of aryl methyl sites for hydroxylation is 1. The zero-order chi connectivity index (χ0) is 25.8. The number of tetrazole rings is 1. The van der Waals surface area contributed by atoms with Gasteiger partial charge in [-0.15, -0.1) is 5.10 Å². The van der Waals surface area contributed by atoms with Gasteiger partial charge in [0, 0.05) is 12.0 Å². The first-order chi connectivity index (χ1) is 17.8. The highest BCUT2D eigenvalue weighted by Gasteiger charge is 2.34. The lowest BCUT2D eigenvalue weighted by molar-refractivity contribution is 0.555. The molecular weight excluding hydrogens is 501 g/mol. The minimum Gasteiger partial charge on any atom is -0.382 e. The van der Waals surface area contributed by atoms with Crippen molar-refractivity contribution in [2.75, 3.05) is 5.73 Å². The fourth-order valence-corrected chi connectivity index (χ4v) is 4.87. The van der Waals surface area contributed by atoms with Crippen molar-refractivity contribution in [2.45, 2.75) is 32.2 Å². The molecule has 3 N–H and O–H groups in total. The first kappa shape index (κ1) is 22.9. The van der Waals surface area contributed by atoms with E-state index in [1.54, 1.807) is 23.8 Å². The number of nitrogen functional groups attached to an aromatic ring is 1. The maximum absolute atomic E-state index is 15.3. The van der Waals surface area contributed by atoms with E-state index in [0.29, 0.717) is 46.7 Å². The van der Waals surface area contributed by atoms with Crippen LogP contribution in [0, 0.1) is 12.7 Å². The van der Waals surface area contributed by atoms with Crippen LogP contribution in [0.25, 0.3) is 28.3 Å². The predicted octanol–water partition coefficient (Wildman–Crippen LogP) is 2.85. The Kier molecular flexibility index (Phi) is 5.30. The predicted molar refractivity (Wildman–Crippen MR) is 132 cm³/mol. The molecule has 5 heterocycles. The summed E-state index contributed by atoms with van der Waals surface area (Å²) in [4.78, 5) is 34.5. The van der Waals surface area contributed by atoms with Gasteiger partial charge in [-0.05, 0) is 35.9 Å². The molecule has 0 saturated carbocycles. The quantitative estimate of drug-likeness (QED) is 0.364. The largest absolute Gasteiger partial charge is 0.382 e. The number of aromatic amines is 1. The molecule has 4 aromatic heterocycles. The first-order valence-corrected chi connectivity index (χ1v) is 11.7. The van der Waals surface area contributed by atoms with Crippen molar-refractivity contribution in [1.29, 1.82) is 0 Å². The normalized spacial score (nSPS) is 16.8. The lowest BCUT2D eigenvalue weighted by atomic mass is 10.1. The molecule has 0 spiro atoms. The summed E-state index contributed by atoms with van der Waals surface area (Å²) in [5.41, 5.74) is 7.78. The second-order valence-corrected chi connectivity index (χ2v) is 9.19. The van der Waals surface area contributed by atoms with Gasteiger partial charge in [0.1, 0.15) is 29.5 Å². The number of benzene rings is 1. The number of halogens is 2. The molecule has 37 heavy (non-hydrogen) atoms. The lowest BCUT2D eigenvalue weighted by Crippen LogP contribution is -2.25. The van der Waals surface area contributed by atoms with Gasteiger partial charge < -0.3 is 10.7 Å². The highest BCUT2D eigenvalue weighted by atomic mass is 35.5. The van der Waals surface area contributed by atoms with Gasteiger partial charge in [0.15, 0.2) is 5.82 Å². The molecule has 0 aliphatic carbocycles. The Hall–Kier alpha value is -4.52. The van der Waals surface area contributed by atoms with Crippen molar-refractivity contribution < 1.29 is 4.39 Å². The molecule has 5 aromatic rings. The molecule has 1 aliphatic rings. The van der Waals surface area contributed by atoms with Crippen LogP contribution in [-0.4, -0.2) is 49.7 Å². The average Bonchev–Trinajstić information content (AvgIpc) is 3.62. The van der Waals surface area contributed by atoms with E-state index in [0.717, 1.165) is 0 Å². The molecule has 0 radical (unpaired) electrons. The third-order valence-electron chi connectivity index (χ3n) is 6.37. The number of fused-ring (bicyclic) bond motifs is 1. The van der Waals surface area contributed by atoms with Crippen molar-refractivity contribution in [1.82, 2.24) is 49.7 Å². The molecule has 14 heteroatoms. The molecule has 1 aliphatic heterocycles. The first-order valence-electron chi connectivity index (χ1n) is 11.3. The van der Waals surface area contributed by atoms with E-state index in [1.165, 1.54) is 29.3 Å². The van der Waals surface area contributed by atoms with Crippen LogP contribution >= 0.6 is 11.6 Å². The number of imidazole rings is 1. The van der Waals surface area contributed by atoms with Crippen LogP contribution in [0.5, 0.6) is 0 Å². The van der Waals surface area contributed by atoms with Crippen LogP contribution in [-0.2, 0) is 0 Å². The lowest BCUT2D eigenvalue weighted by Gasteiger charge is -2.15. The van der Waals surface area contributed by atoms with Crippen LogP contribution in [0.2, 0.25) is 5.02 Å². The molecule has 0 fully saturated rings. The highest BCUT2D eigenvalue weighted by molar-refractivity contribution is 6.31. The summed E-state index contributed by atoms with van der Waals surface area (Å²) in [5.74, 6) is 0.592. The zero-order valence-electron chi connectivity index (χ0n) is 19.6. The maximum atomic E-state index is 15.3. The SMILES string of the molecule is Cc1nc(N)cnc1-c1cnc([C@@H]2CC(C)c3nc(-c4c(-n5cnnn5)ccc(Cl)c4F)cc(=O)n32)[nH]1. The minimum absolute atomic E-state index is 0.0358. The van der Waals surface area contributed by atoms with Crippen molar-refractivity contribution in [2.24, 2.45) is 0 Å². The monoisotopic (exact) mass is 519 g/mol. The average molecular weight is 520 g/mol. The third kappa shape index (κ3) is 3.74. The van der Waals surface area contributed by atoms with Crippen molar-refractivity contribution in [3.8, 4) is 28.3 Å². The molecule has 6 rings (SSSR count). The van der Waals surface area contributed by atoms with Gasteiger partial charge in [-0.3, -0.25) is 9.36 Å². The van der Waals surface area contributed by atoms with Crippen LogP contribution in [0.15, 0.2) is 41.7 Å². The molecule has 0 amide bonds. The summed E-state index contributed by atoms with van der Waals surface area (Å²) in [6, 6.07) is 3.87. The Morgan fingerprint density at radius 2 is 2.05 bits per heavy atom. The van der Waals surface area contributed by atoms with E-state index in [9.17, 15) is 4.79 Å². The van der Waals surface area contributed by atoms with Crippen molar-refractivity contribution in [3.63, 3.8) is 0 Å². The van der Waals surface area contributed by atoms with Crippen LogP contribution in [0.1, 0.15) is 42.6 Å². The highest BCUT2D eigenvalue weighted by Crippen LogP contribution is 2.39. The number of nitrogens with zero attached hydrogens (tertiary/aromatic N) is 9. The van der Waals surface area contributed by atoms with E-state index >= 15 is 4.39 Å². The molecule has 186 valence electrons. The van der Waals surface area contributed by atoms with Crippen LogP contribution < -0.4 is 11.3 Å². The Labute approximate surface area is 213 Å². The van der Waals surface area contributed by atoms with E-state index in [2.05, 4.69) is 35.5 Å². The topological polar surface area (TPSA) is 159 Å². The van der Waals surface area contributed by atoms with Gasteiger partial charge in [0.05, 0.1) is 51.8 Å². The molecule has 0 saturated heterocycles. The fourth-order valence-electron chi connectivity index (χ4n) is 4.71. The van der Waals surface area contributed by atoms with Gasteiger partial charge in [0.25, 0.3) is 5.56 Å². The number of rotatable bonds is 4. The number of nitrogens with two attached hydrogens (primary N) is 1. The maximum Gasteiger partial charge on any atom is 0.254 e. The summed E-state index contributed by atoms with van der Waals surface area (Å²) in [6.45, 7) is 3.76. The number of anilines is 1. The summed E-state index contributed by atoms with van der Waals surface area (Å²) >= 11 is 6.08. The van der Waals surface area contributed by atoms with Crippen LogP contribution in [0.4, 0.5) is 10.2 Å². The molecule has 1 aromatic carbocycles. The second-order valence-electron chi connectivity index (χ2n) is 8.78. The van der Waals surface area contributed by atoms with Crippen molar-refractivity contribution in [3.05, 3.63) is 75.5 Å². The van der Waals surface area contributed by atoms with Crippen LogP contribution in [0.3, 0.4) is 0 Å². The summed E-state index contributed by atoms with van der Waals surface area (Å²) in [5, 5.41) is 11.0. The summed E-state index contributed by atoms with van der Waals surface area (Å²) in [7, 11) is 0. The van der Waals surface area contributed by atoms with Gasteiger partial charge >= 0.3 is 0 Å². The number of H-pyrrole nitrogens is 1. The smallest absolute Gasteiger partial charge is 0.254 e. The Bertz CT molecular complexity index is 1710. The Balaban J connectivity index is 1.44. The van der Waals surface area contributed by atoms with E-state index in [1.807, 2.05) is 6.92 Å². The van der Waals surface area contributed by atoms with E-state index < -0.39 is 11.9 Å². The van der Waals surface area contributed by atoms with Gasteiger partial charge in [-0.1, -0.05) is 18.5 Å². The number of hydrogen-bond acceptors (Lipinski definition) is 9. The summed E-state index contributed by atoms with van der Waals surface area (Å²) in [6.07, 6.45) is 5.03. The van der Waals surface area contributed by atoms with Crippen molar-refractivity contribution >= 4 is 17.4 Å². The standard InChI is InChI=1S/C23H19ClFN11O/c1-10-5-16(22-28-7-14(31-22)21-11(2)30-17(26)8-27-21)36-18(37)6-13(32-23(10)36)19-15(35-9-29-33-34-35)4-3-12(24)20(19)25/h3-4,6-10,16H,5H2,1-2H3,(H2,26,30)(H,28,31)/t10?,16-/m0/s1. The molecule has 2 atom stereocenters. The van der Waals surface area contributed by atoms with E-state index in [4.69, 9.17) is 22.3 Å². The molecular formula is C23H19ClFN11O. The fraction of sp³-hybridized carbons (Fsp3) is 0.217. The molecule has 0 bridgehead atoms. The Morgan fingerprint density at radius 3 is 2.81 bits per heavy atom. The van der Waals surface area contributed by atoms with Gasteiger partial charge in [0.2, 0.25) is 0 Å². The zero-order valence-corrected chi connectivity index (χ0v) is 20.3. The number of aromatic nitrogens is 10. The second kappa shape index (κ2) is 8.55. The minimum atomic E-state index is -0.718.